The van der Waals surface area contributed by atoms with Gasteiger partial charge in [-0.2, -0.15) is 0 Å². The molecule has 0 fully saturated rings. The third kappa shape index (κ3) is 4.83. The monoisotopic (exact) mass is 426 g/mol. The van der Waals surface area contributed by atoms with Crippen molar-refractivity contribution >= 4 is 11.0 Å². The van der Waals surface area contributed by atoms with E-state index in [-0.39, 0.29) is 0 Å². The summed E-state index contributed by atoms with van der Waals surface area (Å²) in [6.45, 7) is 11.7. The van der Waals surface area contributed by atoms with Gasteiger partial charge < -0.3 is 4.74 Å². The molecule has 0 bridgehead atoms. The average Bonchev–Trinajstić information content (AvgIpc) is 2.78. The van der Waals surface area contributed by atoms with E-state index in [1.807, 2.05) is 25.1 Å². The first-order chi connectivity index (χ1) is 15.4. The first-order valence-electron chi connectivity index (χ1n) is 11.2. The molecule has 3 aromatic heterocycles. The predicted molar refractivity (Wildman–Crippen MR) is 129 cm³/mol. The van der Waals surface area contributed by atoms with E-state index in [0.717, 1.165) is 33.6 Å². The zero-order valence-corrected chi connectivity index (χ0v) is 19.5. The van der Waals surface area contributed by atoms with E-state index in [4.69, 9.17) is 19.7 Å². The number of rotatable bonds is 7. The van der Waals surface area contributed by atoms with Gasteiger partial charge >= 0.3 is 0 Å². The second kappa shape index (κ2) is 9.53. The van der Waals surface area contributed by atoms with Crippen molar-refractivity contribution in [2.24, 2.45) is 5.92 Å². The van der Waals surface area contributed by atoms with Gasteiger partial charge in [0, 0.05) is 23.8 Å². The number of hydrogen-bond donors (Lipinski definition) is 0. The number of fused-ring (bicyclic) bond motifs is 1. The van der Waals surface area contributed by atoms with Crippen LogP contribution in [0.5, 0.6) is 0 Å². The van der Waals surface area contributed by atoms with Gasteiger partial charge in [0.05, 0.1) is 17.1 Å². The molecule has 4 rings (SSSR count). The van der Waals surface area contributed by atoms with Gasteiger partial charge in [0.1, 0.15) is 6.61 Å². The van der Waals surface area contributed by atoms with Crippen molar-refractivity contribution in [3.63, 3.8) is 0 Å². The molecule has 32 heavy (non-hydrogen) atoms. The van der Waals surface area contributed by atoms with Gasteiger partial charge in [0.25, 0.3) is 0 Å². The summed E-state index contributed by atoms with van der Waals surface area (Å²) in [4.78, 5) is 19.1. The van der Waals surface area contributed by atoms with Crippen LogP contribution in [-0.2, 0) is 11.3 Å². The van der Waals surface area contributed by atoms with Gasteiger partial charge in [-0.3, -0.25) is 4.98 Å². The first-order valence-corrected chi connectivity index (χ1v) is 11.2. The topological polar surface area (TPSA) is 60.8 Å². The molecule has 3 heterocycles. The van der Waals surface area contributed by atoms with Crippen molar-refractivity contribution in [2.75, 3.05) is 6.61 Å². The third-order valence-corrected chi connectivity index (χ3v) is 5.37. The molecule has 164 valence electrons. The molecule has 1 aromatic carbocycles. The predicted octanol–water partition coefficient (Wildman–Crippen LogP) is 6.36. The minimum Gasteiger partial charge on any atom is -0.373 e. The standard InChI is InChI=1S/C27H30N4O/c1-17(2)15-32-16-24-30-26(21-10-6-9-20(14-21)18(3)4)22-11-12-23(29-27(22)31-24)25-19(5)8-7-13-28-25/h6-14,17-18H,15-16H2,1-5H3. The number of hydrogen-bond acceptors (Lipinski definition) is 5. The Bertz CT molecular complexity index is 1230. The zero-order valence-electron chi connectivity index (χ0n) is 19.5. The maximum Gasteiger partial charge on any atom is 0.164 e. The molecule has 0 spiro atoms. The summed E-state index contributed by atoms with van der Waals surface area (Å²) in [5, 5.41) is 0.927. The van der Waals surface area contributed by atoms with Crippen LogP contribution in [0.4, 0.5) is 0 Å². The fourth-order valence-corrected chi connectivity index (χ4v) is 3.66. The number of nitrogens with zero attached hydrogens (tertiary/aromatic N) is 4. The van der Waals surface area contributed by atoms with E-state index < -0.39 is 0 Å². The molecule has 0 N–H and O–H groups in total. The zero-order chi connectivity index (χ0) is 22.7. The smallest absolute Gasteiger partial charge is 0.164 e. The molecule has 0 saturated heterocycles. The largest absolute Gasteiger partial charge is 0.373 e. The van der Waals surface area contributed by atoms with Gasteiger partial charge in [-0.1, -0.05) is 52.0 Å². The van der Waals surface area contributed by atoms with Crippen LogP contribution in [0, 0.1) is 12.8 Å². The first kappa shape index (κ1) is 22.0. The van der Waals surface area contributed by atoms with Crippen LogP contribution >= 0.6 is 0 Å². The van der Waals surface area contributed by atoms with Crippen LogP contribution < -0.4 is 0 Å². The Morgan fingerprint density at radius 3 is 2.47 bits per heavy atom. The molecule has 0 saturated carbocycles. The average molecular weight is 427 g/mol. The number of ether oxygens (including phenoxy) is 1. The van der Waals surface area contributed by atoms with Crippen LogP contribution in [0.1, 0.15) is 50.6 Å². The van der Waals surface area contributed by atoms with E-state index in [0.29, 0.717) is 36.5 Å². The van der Waals surface area contributed by atoms with Gasteiger partial charge in [0.2, 0.25) is 0 Å². The highest BCUT2D eigenvalue weighted by Gasteiger charge is 2.15. The quantitative estimate of drug-likeness (QED) is 0.344. The summed E-state index contributed by atoms with van der Waals surface area (Å²) >= 11 is 0. The number of benzene rings is 1. The van der Waals surface area contributed by atoms with Crippen molar-refractivity contribution < 1.29 is 4.74 Å². The van der Waals surface area contributed by atoms with E-state index >= 15 is 0 Å². The molecular formula is C27H30N4O. The maximum atomic E-state index is 5.85. The van der Waals surface area contributed by atoms with Crippen molar-refractivity contribution in [2.45, 2.75) is 47.1 Å². The fourth-order valence-electron chi connectivity index (χ4n) is 3.66. The van der Waals surface area contributed by atoms with E-state index in [1.54, 1.807) is 6.20 Å². The summed E-state index contributed by atoms with van der Waals surface area (Å²) in [6.07, 6.45) is 1.79. The van der Waals surface area contributed by atoms with Crippen molar-refractivity contribution in [1.29, 1.82) is 0 Å². The van der Waals surface area contributed by atoms with Crippen molar-refractivity contribution in [3.8, 4) is 22.6 Å². The highest BCUT2D eigenvalue weighted by atomic mass is 16.5. The lowest BCUT2D eigenvalue weighted by molar-refractivity contribution is 0.0925. The van der Waals surface area contributed by atoms with Crippen LogP contribution in [0.2, 0.25) is 0 Å². The molecule has 5 nitrogen and oxygen atoms in total. The van der Waals surface area contributed by atoms with Crippen LogP contribution in [0.15, 0.2) is 54.7 Å². The molecular weight excluding hydrogens is 396 g/mol. The highest BCUT2D eigenvalue weighted by Crippen LogP contribution is 2.30. The molecule has 4 aromatic rings. The normalized spacial score (nSPS) is 11.6. The SMILES string of the molecule is Cc1cccnc1-c1ccc2c(-c3cccc(C(C)C)c3)nc(COCC(C)C)nc2n1. The van der Waals surface area contributed by atoms with Gasteiger partial charge in [-0.15, -0.1) is 0 Å². The lowest BCUT2D eigenvalue weighted by atomic mass is 9.98. The molecule has 0 aliphatic heterocycles. The second-order valence-corrected chi connectivity index (χ2v) is 8.91. The van der Waals surface area contributed by atoms with Crippen molar-refractivity contribution in [1.82, 2.24) is 19.9 Å². The molecule has 0 aliphatic rings. The summed E-state index contributed by atoms with van der Waals surface area (Å²) in [5.41, 5.74) is 6.66. The lowest BCUT2D eigenvalue weighted by Crippen LogP contribution is -2.07. The Kier molecular flexibility index (Phi) is 6.56. The Labute approximate surface area is 190 Å². The molecule has 0 atom stereocenters. The highest BCUT2D eigenvalue weighted by molar-refractivity contribution is 5.91. The van der Waals surface area contributed by atoms with Crippen molar-refractivity contribution in [3.05, 3.63) is 71.7 Å². The summed E-state index contributed by atoms with van der Waals surface area (Å²) in [6, 6.07) is 16.6. The minimum atomic E-state index is 0.361. The number of aromatic nitrogens is 4. The number of aryl methyl sites for hydroxylation is 1. The van der Waals surface area contributed by atoms with Gasteiger partial charge in [-0.05, 0) is 54.2 Å². The molecule has 5 heteroatoms. The van der Waals surface area contributed by atoms with Crippen LogP contribution in [0.25, 0.3) is 33.7 Å². The Morgan fingerprint density at radius 2 is 1.72 bits per heavy atom. The van der Waals surface area contributed by atoms with E-state index in [9.17, 15) is 0 Å². The summed E-state index contributed by atoms with van der Waals surface area (Å²) in [5.74, 6) is 1.54. The van der Waals surface area contributed by atoms with Crippen LogP contribution in [0.3, 0.4) is 0 Å². The van der Waals surface area contributed by atoms with Gasteiger partial charge in [0.15, 0.2) is 11.5 Å². The maximum absolute atomic E-state index is 5.85. The molecule has 0 radical (unpaired) electrons. The Morgan fingerprint density at radius 1 is 0.875 bits per heavy atom. The van der Waals surface area contributed by atoms with Gasteiger partial charge in [-0.25, -0.2) is 15.0 Å². The van der Waals surface area contributed by atoms with E-state index in [2.05, 4.69) is 63.0 Å². The van der Waals surface area contributed by atoms with Crippen LogP contribution in [-0.4, -0.2) is 26.5 Å². The van der Waals surface area contributed by atoms with E-state index in [1.165, 1.54) is 5.56 Å². The summed E-state index contributed by atoms with van der Waals surface area (Å²) < 4.78 is 5.85. The fraction of sp³-hybridized carbons (Fsp3) is 0.333. The molecule has 0 aliphatic carbocycles. The Hall–Kier alpha value is -3.18. The minimum absolute atomic E-state index is 0.361. The third-order valence-electron chi connectivity index (χ3n) is 5.37. The molecule has 0 amide bonds. The molecule has 0 unspecified atom stereocenters. The summed E-state index contributed by atoms with van der Waals surface area (Å²) in [7, 11) is 0. The second-order valence-electron chi connectivity index (χ2n) is 8.91. The lowest BCUT2D eigenvalue weighted by Gasteiger charge is -2.13. The number of pyridine rings is 2. The Balaban J connectivity index is 1.85.